The molecule has 0 radical (unpaired) electrons. The number of nitrogens with one attached hydrogen (secondary N) is 1. The molecule has 0 aliphatic carbocycles. The molecular weight excluding hydrogens is 212 g/mol. The molecule has 0 aromatic heterocycles. The van der Waals surface area contributed by atoms with Crippen molar-refractivity contribution in [2.24, 2.45) is 5.73 Å². The maximum atomic E-state index is 11.1. The summed E-state index contributed by atoms with van der Waals surface area (Å²) in [6.45, 7) is -0.102. The number of nitrogens with two attached hydrogens (primary N) is 1. The highest BCUT2D eigenvalue weighted by Crippen LogP contribution is 2.41. The van der Waals surface area contributed by atoms with Gasteiger partial charge in [0, 0.05) is 12.1 Å². The lowest BCUT2D eigenvalue weighted by Gasteiger charge is -2.23. The molecule has 0 fully saturated rings. The Kier molecular flexibility index (Phi) is 2.67. The lowest BCUT2D eigenvalue weighted by Crippen LogP contribution is -2.27. The van der Waals surface area contributed by atoms with E-state index >= 15 is 0 Å². The van der Waals surface area contributed by atoms with E-state index < -0.39 is 6.10 Å². The number of amides is 1. The quantitative estimate of drug-likeness (QED) is 0.517. The topological polar surface area (TPSA) is 105 Å². The molecular formula is C10H12N2O4. The van der Waals surface area contributed by atoms with Gasteiger partial charge in [0.25, 0.3) is 5.91 Å². The van der Waals surface area contributed by atoms with Crippen LogP contribution >= 0.6 is 0 Å². The zero-order valence-corrected chi connectivity index (χ0v) is 8.43. The number of rotatable bonds is 2. The van der Waals surface area contributed by atoms with Crippen LogP contribution in [0.15, 0.2) is 12.1 Å². The standard InChI is InChI=1S/C10H12N2O4/c11-3-7(14)5-1-2-6(13)9-10(5)16-4-8(15)12-9/h1-2,7,13-14H,3-4,11H2,(H,12,15)/t7-/m0/s1. The third kappa shape index (κ3) is 1.68. The van der Waals surface area contributed by atoms with E-state index in [0.29, 0.717) is 5.56 Å². The summed E-state index contributed by atoms with van der Waals surface area (Å²) in [4.78, 5) is 11.1. The maximum Gasteiger partial charge on any atom is 0.262 e. The van der Waals surface area contributed by atoms with Crippen LogP contribution in [-0.2, 0) is 4.79 Å². The lowest BCUT2D eigenvalue weighted by molar-refractivity contribution is -0.118. The van der Waals surface area contributed by atoms with Crippen LogP contribution in [0.1, 0.15) is 11.7 Å². The molecule has 0 bridgehead atoms. The number of carbonyl (C=O) groups is 1. The van der Waals surface area contributed by atoms with E-state index in [0.717, 1.165) is 0 Å². The number of hydrogen-bond acceptors (Lipinski definition) is 5. The first-order valence-electron chi connectivity index (χ1n) is 4.80. The largest absolute Gasteiger partial charge is 0.506 e. The number of aliphatic hydroxyl groups is 1. The fourth-order valence-corrected chi connectivity index (χ4v) is 1.57. The molecule has 6 heteroatoms. The van der Waals surface area contributed by atoms with Gasteiger partial charge in [-0.2, -0.15) is 0 Å². The molecule has 1 aliphatic rings. The van der Waals surface area contributed by atoms with Gasteiger partial charge >= 0.3 is 0 Å². The minimum Gasteiger partial charge on any atom is -0.506 e. The lowest BCUT2D eigenvalue weighted by atomic mass is 10.1. The predicted molar refractivity (Wildman–Crippen MR) is 56.2 cm³/mol. The number of aromatic hydroxyl groups is 1. The number of benzene rings is 1. The van der Waals surface area contributed by atoms with Crippen LogP contribution in [0.3, 0.4) is 0 Å². The van der Waals surface area contributed by atoms with Crippen molar-refractivity contribution in [1.82, 2.24) is 0 Å². The molecule has 2 rings (SSSR count). The predicted octanol–water partition coefficient (Wildman–Crippen LogP) is -0.285. The van der Waals surface area contributed by atoms with Gasteiger partial charge in [-0.1, -0.05) is 0 Å². The number of aliphatic hydroxyl groups excluding tert-OH is 1. The number of phenolic OH excluding ortho intramolecular Hbond substituents is 1. The van der Waals surface area contributed by atoms with Crippen LogP contribution < -0.4 is 15.8 Å². The highest BCUT2D eigenvalue weighted by Gasteiger charge is 2.24. The first-order chi connectivity index (χ1) is 7.63. The molecule has 0 saturated carbocycles. The summed E-state index contributed by atoms with van der Waals surface area (Å²) in [6, 6.07) is 2.89. The molecule has 0 unspecified atom stereocenters. The van der Waals surface area contributed by atoms with Gasteiger partial charge < -0.3 is 26.0 Å². The zero-order valence-electron chi connectivity index (χ0n) is 8.43. The Balaban J connectivity index is 2.50. The molecule has 1 heterocycles. The Morgan fingerprint density at radius 3 is 3.00 bits per heavy atom. The van der Waals surface area contributed by atoms with Gasteiger partial charge in [0.2, 0.25) is 0 Å². The number of hydrogen-bond donors (Lipinski definition) is 4. The summed E-state index contributed by atoms with van der Waals surface area (Å²) in [5.41, 5.74) is 5.98. The maximum absolute atomic E-state index is 11.1. The summed E-state index contributed by atoms with van der Waals surface area (Å²) in [5.74, 6) is -0.171. The number of anilines is 1. The minimum atomic E-state index is -0.885. The second kappa shape index (κ2) is 3.99. The SMILES string of the molecule is NC[C@H](O)c1ccc(O)c2c1OCC(=O)N2. The van der Waals surface area contributed by atoms with Gasteiger partial charge in [0.1, 0.15) is 11.4 Å². The van der Waals surface area contributed by atoms with Crippen LogP contribution in [0.4, 0.5) is 5.69 Å². The Labute approximate surface area is 91.6 Å². The zero-order chi connectivity index (χ0) is 11.7. The molecule has 0 saturated heterocycles. The first kappa shape index (κ1) is 10.7. The molecule has 1 aliphatic heterocycles. The van der Waals surface area contributed by atoms with Crippen molar-refractivity contribution in [1.29, 1.82) is 0 Å². The molecule has 1 aromatic rings. The highest BCUT2D eigenvalue weighted by atomic mass is 16.5. The minimum absolute atomic E-state index is 0.0362. The van der Waals surface area contributed by atoms with Crippen molar-refractivity contribution in [2.45, 2.75) is 6.10 Å². The van der Waals surface area contributed by atoms with Crippen molar-refractivity contribution >= 4 is 11.6 Å². The molecule has 6 nitrogen and oxygen atoms in total. The van der Waals surface area contributed by atoms with E-state index in [4.69, 9.17) is 10.5 Å². The molecule has 0 spiro atoms. The van der Waals surface area contributed by atoms with Crippen LogP contribution in [0, 0.1) is 0 Å². The average molecular weight is 224 g/mol. The second-order valence-corrected chi connectivity index (χ2v) is 3.47. The summed E-state index contributed by atoms with van der Waals surface area (Å²) < 4.78 is 5.18. The summed E-state index contributed by atoms with van der Waals surface area (Å²) in [7, 11) is 0. The summed E-state index contributed by atoms with van der Waals surface area (Å²) in [5, 5.41) is 21.7. The third-order valence-corrected chi connectivity index (χ3v) is 2.36. The summed E-state index contributed by atoms with van der Waals surface area (Å²) >= 11 is 0. The average Bonchev–Trinajstić information content (AvgIpc) is 2.29. The van der Waals surface area contributed by atoms with E-state index in [1.165, 1.54) is 12.1 Å². The van der Waals surface area contributed by atoms with Gasteiger partial charge in [-0.3, -0.25) is 4.79 Å². The van der Waals surface area contributed by atoms with Crippen LogP contribution in [0.5, 0.6) is 11.5 Å². The fraction of sp³-hybridized carbons (Fsp3) is 0.300. The third-order valence-electron chi connectivity index (χ3n) is 2.36. The molecule has 1 aromatic carbocycles. The monoisotopic (exact) mass is 224 g/mol. The Morgan fingerprint density at radius 1 is 1.56 bits per heavy atom. The van der Waals surface area contributed by atoms with Crippen molar-refractivity contribution in [3.8, 4) is 11.5 Å². The molecule has 5 N–H and O–H groups in total. The molecule has 1 atom stereocenters. The van der Waals surface area contributed by atoms with Crippen molar-refractivity contribution in [3.63, 3.8) is 0 Å². The second-order valence-electron chi connectivity index (χ2n) is 3.47. The smallest absolute Gasteiger partial charge is 0.262 e. The molecule has 86 valence electrons. The Morgan fingerprint density at radius 2 is 2.31 bits per heavy atom. The normalized spacial score (nSPS) is 16.0. The van der Waals surface area contributed by atoms with Crippen molar-refractivity contribution in [2.75, 3.05) is 18.5 Å². The first-order valence-corrected chi connectivity index (χ1v) is 4.80. The van der Waals surface area contributed by atoms with Gasteiger partial charge in [0.15, 0.2) is 12.4 Å². The summed E-state index contributed by atoms with van der Waals surface area (Å²) in [6.07, 6.45) is -0.885. The van der Waals surface area contributed by atoms with Gasteiger partial charge in [-0.15, -0.1) is 0 Å². The molecule has 16 heavy (non-hydrogen) atoms. The van der Waals surface area contributed by atoms with Crippen LogP contribution in [-0.4, -0.2) is 29.3 Å². The van der Waals surface area contributed by atoms with Gasteiger partial charge in [0.05, 0.1) is 6.10 Å². The van der Waals surface area contributed by atoms with Crippen LogP contribution in [0.2, 0.25) is 0 Å². The van der Waals surface area contributed by atoms with Gasteiger partial charge in [-0.25, -0.2) is 0 Å². The van der Waals surface area contributed by atoms with E-state index in [9.17, 15) is 15.0 Å². The van der Waals surface area contributed by atoms with E-state index in [-0.39, 0.29) is 36.2 Å². The number of ether oxygens (including phenoxy) is 1. The van der Waals surface area contributed by atoms with Crippen molar-refractivity contribution < 1.29 is 19.7 Å². The van der Waals surface area contributed by atoms with E-state index in [1.54, 1.807) is 0 Å². The van der Waals surface area contributed by atoms with E-state index in [1.807, 2.05) is 0 Å². The fourth-order valence-electron chi connectivity index (χ4n) is 1.57. The van der Waals surface area contributed by atoms with E-state index in [2.05, 4.69) is 5.32 Å². The van der Waals surface area contributed by atoms with Crippen molar-refractivity contribution in [3.05, 3.63) is 17.7 Å². The Bertz CT molecular complexity index is 433. The van der Waals surface area contributed by atoms with Crippen LogP contribution in [0.25, 0.3) is 0 Å². The number of carbonyl (C=O) groups excluding carboxylic acids is 1. The highest BCUT2D eigenvalue weighted by molar-refractivity contribution is 5.97. The van der Waals surface area contributed by atoms with Gasteiger partial charge in [-0.05, 0) is 12.1 Å². The molecule has 1 amide bonds. The number of fused-ring (bicyclic) bond motifs is 1. The number of phenols is 1. The Hall–Kier alpha value is -1.79.